The molecular formula is C6H7F2N3S. The number of rotatable bonds is 2. The lowest BCUT2D eigenvalue weighted by molar-refractivity contribution is 0.0886. The summed E-state index contributed by atoms with van der Waals surface area (Å²) in [5.41, 5.74) is 4.42. The first-order valence-electron chi connectivity index (χ1n) is 3.48. The molecule has 1 unspecified atom stereocenters. The van der Waals surface area contributed by atoms with Crippen LogP contribution in [0.2, 0.25) is 0 Å². The molecule has 1 heterocycles. The molecular weight excluding hydrogens is 184 g/mol. The van der Waals surface area contributed by atoms with Crippen molar-refractivity contribution in [2.24, 2.45) is 5.73 Å². The number of hydrogen-bond donors (Lipinski definition) is 1. The van der Waals surface area contributed by atoms with Crippen LogP contribution in [-0.2, 0) is 5.41 Å². The molecule has 0 saturated heterocycles. The van der Waals surface area contributed by atoms with Crippen molar-refractivity contribution < 1.29 is 8.78 Å². The molecule has 0 radical (unpaired) electrons. The zero-order valence-corrected chi connectivity index (χ0v) is 6.94. The predicted molar refractivity (Wildman–Crippen MR) is 40.2 cm³/mol. The molecule has 0 bridgehead atoms. The van der Waals surface area contributed by atoms with Crippen LogP contribution in [0.3, 0.4) is 0 Å². The molecule has 0 aromatic carbocycles. The maximum Gasteiger partial charge on any atom is 0.261 e. The van der Waals surface area contributed by atoms with Gasteiger partial charge in [-0.1, -0.05) is 4.49 Å². The Labute approximate surface area is 71.7 Å². The summed E-state index contributed by atoms with van der Waals surface area (Å²) < 4.78 is 29.3. The van der Waals surface area contributed by atoms with Gasteiger partial charge in [-0.2, -0.15) is 0 Å². The van der Waals surface area contributed by atoms with Gasteiger partial charge in [0.05, 0.1) is 11.1 Å². The molecule has 6 heteroatoms. The van der Waals surface area contributed by atoms with Gasteiger partial charge in [-0.05, 0) is 11.5 Å². The molecule has 1 saturated carbocycles. The lowest BCUT2D eigenvalue weighted by atomic mass is 10.0. The second kappa shape index (κ2) is 2.20. The molecule has 0 spiro atoms. The first-order valence-corrected chi connectivity index (χ1v) is 4.31. The summed E-state index contributed by atoms with van der Waals surface area (Å²) in [6.07, 6.45) is -0.193. The highest BCUT2D eigenvalue weighted by Crippen LogP contribution is 2.60. The van der Waals surface area contributed by atoms with Gasteiger partial charge in [0.1, 0.15) is 0 Å². The number of hydrogen-bond acceptors (Lipinski definition) is 4. The molecule has 2 rings (SSSR count). The Morgan fingerprint density at radius 2 is 2.33 bits per heavy atom. The van der Waals surface area contributed by atoms with Gasteiger partial charge < -0.3 is 5.73 Å². The number of nitrogens with zero attached hydrogens (tertiary/aromatic N) is 2. The van der Waals surface area contributed by atoms with Crippen molar-refractivity contribution in [3.8, 4) is 0 Å². The van der Waals surface area contributed by atoms with E-state index in [0.29, 0.717) is 5.69 Å². The van der Waals surface area contributed by atoms with Crippen LogP contribution in [0.5, 0.6) is 0 Å². The minimum Gasteiger partial charge on any atom is -0.329 e. The standard InChI is InChI=1S/C6H7F2N3S/c7-6(8)2-5(6,3-9)4-1-12-11-10-4/h1H,2-3,9H2. The molecule has 0 amide bonds. The van der Waals surface area contributed by atoms with Crippen molar-refractivity contribution >= 4 is 11.5 Å². The van der Waals surface area contributed by atoms with E-state index in [4.69, 9.17) is 5.73 Å². The Bertz CT molecular complexity index is 287. The van der Waals surface area contributed by atoms with Crippen molar-refractivity contribution in [2.75, 3.05) is 6.54 Å². The molecule has 12 heavy (non-hydrogen) atoms. The van der Waals surface area contributed by atoms with Gasteiger partial charge in [0.15, 0.2) is 0 Å². The van der Waals surface area contributed by atoms with E-state index in [1.807, 2.05) is 0 Å². The molecule has 3 nitrogen and oxygen atoms in total. The molecule has 1 atom stereocenters. The van der Waals surface area contributed by atoms with Gasteiger partial charge in [0.25, 0.3) is 5.92 Å². The van der Waals surface area contributed by atoms with E-state index in [-0.39, 0.29) is 13.0 Å². The second-order valence-corrected chi connectivity index (χ2v) is 3.57. The van der Waals surface area contributed by atoms with Crippen LogP contribution in [0.25, 0.3) is 0 Å². The Balaban J connectivity index is 2.34. The summed E-state index contributed by atoms with van der Waals surface area (Å²) in [5.74, 6) is -2.68. The van der Waals surface area contributed by atoms with Crippen LogP contribution in [0.1, 0.15) is 12.1 Å². The van der Waals surface area contributed by atoms with Crippen molar-refractivity contribution in [3.05, 3.63) is 11.1 Å². The molecule has 0 aliphatic heterocycles. The largest absolute Gasteiger partial charge is 0.329 e. The monoisotopic (exact) mass is 191 g/mol. The molecule has 66 valence electrons. The minimum atomic E-state index is -2.68. The first kappa shape index (κ1) is 8.00. The molecule has 1 aliphatic rings. The van der Waals surface area contributed by atoms with Gasteiger partial charge in [-0.25, -0.2) is 8.78 Å². The van der Waals surface area contributed by atoms with Crippen molar-refractivity contribution in [2.45, 2.75) is 17.8 Å². The van der Waals surface area contributed by atoms with E-state index < -0.39 is 11.3 Å². The fourth-order valence-corrected chi connectivity index (χ4v) is 1.87. The zero-order valence-electron chi connectivity index (χ0n) is 6.13. The average Bonchev–Trinajstić information content (AvgIpc) is 2.52. The quantitative estimate of drug-likeness (QED) is 0.751. The van der Waals surface area contributed by atoms with E-state index >= 15 is 0 Å². The molecule has 1 aromatic rings. The number of halogens is 2. The van der Waals surface area contributed by atoms with Crippen LogP contribution in [0.4, 0.5) is 8.78 Å². The van der Waals surface area contributed by atoms with Gasteiger partial charge in [0.2, 0.25) is 0 Å². The third kappa shape index (κ3) is 0.818. The maximum absolute atomic E-state index is 12.9. The van der Waals surface area contributed by atoms with E-state index in [1.165, 1.54) is 5.38 Å². The van der Waals surface area contributed by atoms with Crippen LogP contribution in [0, 0.1) is 0 Å². The number of alkyl halides is 2. The van der Waals surface area contributed by atoms with Crippen LogP contribution in [0.15, 0.2) is 5.38 Å². The van der Waals surface area contributed by atoms with Crippen molar-refractivity contribution in [1.82, 2.24) is 9.59 Å². The first-order chi connectivity index (χ1) is 5.62. The maximum atomic E-state index is 12.9. The van der Waals surface area contributed by atoms with Crippen LogP contribution in [-0.4, -0.2) is 22.1 Å². The number of aromatic nitrogens is 2. The van der Waals surface area contributed by atoms with Crippen LogP contribution < -0.4 is 5.73 Å². The molecule has 2 N–H and O–H groups in total. The van der Waals surface area contributed by atoms with Gasteiger partial charge in [-0.3, -0.25) is 0 Å². The van der Waals surface area contributed by atoms with Gasteiger partial charge >= 0.3 is 0 Å². The Morgan fingerprint density at radius 1 is 1.67 bits per heavy atom. The smallest absolute Gasteiger partial charge is 0.261 e. The summed E-state index contributed by atoms with van der Waals surface area (Å²) in [4.78, 5) is 0. The SMILES string of the molecule is NCC1(c2csnn2)CC1(F)F. The lowest BCUT2D eigenvalue weighted by Gasteiger charge is -2.08. The van der Waals surface area contributed by atoms with Crippen molar-refractivity contribution in [3.63, 3.8) is 0 Å². The fraction of sp³-hybridized carbons (Fsp3) is 0.667. The van der Waals surface area contributed by atoms with Crippen LogP contribution >= 0.6 is 11.5 Å². The molecule has 1 aromatic heterocycles. The molecule has 1 aliphatic carbocycles. The summed E-state index contributed by atoms with van der Waals surface area (Å²) in [6.45, 7) is -0.0641. The molecule has 1 fully saturated rings. The predicted octanol–water partition coefficient (Wildman–Crippen LogP) is 0.774. The average molecular weight is 191 g/mol. The fourth-order valence-electron chi connectivity index (χ4n) is 1.31. The van der Waals surface area contributed by atoms with Crippen molar-refractivity contribution in [1.29, 1.82) is 0 Å². The minimum absolute atomic E-state index is 0.0641. The van der Waals surface area contributed by atoms with Gasteiger partial charge in [-0.15, -0.1) is 5.10 Å². The normalized spacial score (nSPS) is 31.9. The lowest BCUT2D eigenvalue weighted by Crippen LogP contribution is -2.27. The highest BCUT2D eigenvalue weighted by molar-refractivity contribution is 7.03. The number of nitrogens with two attached hydrogens (primary N) is 1. The summed E-state index contributed by atoms with van der Waals surface area (Å²) in [7, 11) is 0. The van der Waals surface area contributed by atoms with E-state index in [1.54, 1.807) is 0 Å². The summed E-state index contributed by atoms with van der Waals surface area (Å²) >= 11 is 1.07. The van der Waals surface area contributed by atoms with E-state index in [0.717, 1.165) is 11.5 Å². The topological polar surface area (TPSA) is 51.8 Å². The third-order valence-electron chi connectivity index (χ3n) is 2.30. The zero-order chi connectivity index (χ0) is 8.82. The Morgan fingerprint density at radius 3 is 2.67 bits per heavy atom. The third-order valence-corrected chi connectivity index (χ3v) is 2.80. The Kier molecular flexibility index (Phi) is 1.47. The highest BCUT2D eigenvalue weighted by atomic mass is 32.1. The van der Waals surface area contributed by atoms with E-state index in [2.05, 4.69) is 9.59 Å². The van der Waals surface area contributed by atoms with E-state index in [9.17, 15) is 8.78 Å². The highest BCUT2D eigenvalue weighted by Gasteiger charge is 2.72. The van der Waals surface area contributed by atoms with Gasteiger partial charge in [0, 0.05) is 18.3 Å². The Hall–Kier alpha value is -0.620. The summed E-state index contributed by atoms with van der Waals surface area (Å²) in [5, 5.41) is 5.16. The summed E-state index contributed by atoms with van der Waals surface area (Å²) in [6, 6.07) is 0. The second-order valence-electron chi connectivity index (χ2n) is 2.96.